The summed E-state index contributed by atoms with van der Waals surface area (Å²) in [5.41, 5.74) is 7.17. The van der Waals surface area contributed by atoms with Crippen molar-refractivity contribution in [3.63, 3.8) is 0 Å². The smallest absolute Gasteiger partial charge is 0.227 e. The van der Waals surface area contributed by atoms with Crippen molar-refractivity contribution in [1.29, 1.82) is 0 Å². The van der Waals surface area contributed by atoms with E-state index in [0.29, 0.717) is 18.7 Å². The summed E-state index contributed by atoms with van der Waals surface area (Å²) in [4.78, 5) is 14.0. The van der Waals surface area contributed by atoms with Gasteiger partial charge in [0.25, 0.3) is 0 Å². The molecule has 6 heteroatoms. The number of anilines is 1. The molecule has 1 aromatic rings. The van der Waals surface area contributed by atoms with E-state index in [1.165, 1.54) is 0 Å². The van der Waals surface area contributed by atoms with Crippen molar-refractivity contribution in [3.05, 3.63) is 29.8 Å². The number of nitrogen functional groups attached to an aromatic ring is 1. The van der Waals surface area contributed by atoms with Crippen LogP contribution in [0.25, 0.3) is 0 Å². The van der Waals surface area contributed by atoms with Crippen LogP contribution in [-0.4, -0.2) is 43.3 Å². The third-order valence-corrected chi connectivity index (χ3v) is 5.40. The maximum atomic E-state index is 12.3. The van der Waals surface area contributed by atoms with E-state index in [1.807, 2.05) is 19.1 Å². The molecule has 2 rings (SSSR count). The number of nitrogens with two attached hydrogens (primary N) is 1. The molecule has 1 heterocycles. The van der Waals surface area contributed by atoms with Crippen molar-refractivity contribution in [3.8, 4) is 0 Å². The molecule has 5 nitrogen and oxygen atoms in total. The predicted molar refractivity (Wildman–Crippen MR) is 79.0 cm³/mol. The Morgan fingerprint density at radius 2 is 2.00 bits per heavy atom. The highest BCUT2D eigenvalue weighted by Crippen LogP contribution is 2.19. The van der Waals surface area contributed by atoms with Gasteiger partial charge < -0.3 is 10.6 Å². The second-order valence-electron chi connectivity index (χ2n) is 5.15. The first-order valence-corrected chi connectivity index (χ1v) is 8.57. The molecule has 110 valence electrons. The molecule has 1 aliphatic rings. The number of likely N-dealkylation sites (N-methyl/N-ethyl adjacent to an activating group) is 1. The molecule has 0 aliphatic carbocycles. The van der Waals surface area contributed by atoms with Gasteiger partial charge in [0.05, 0.1) is 17.9 Å². The molecule has 1 atom stereocenters. The molecule has 0 spiro atoms. The largest absolute Gasteiger partial charge is 0.399 e. The SMILES string of the molecule is CCN(C(=O)Cc1ccc(N)cc1)C1CCS(=O)(=O)C1. The quantitative estimate of drug-likeness (QED) is 0.835. The highest BCUT2D eigenvalue weighted by Gasteiger charge is 2.33. The predicted octanol–water partition coefficient (Wildman–Crippen LogP) is 0.847. The highest BCUT2D eigenvalue weighted by molar-refractivity contribution is 7.91. The Bertz CT molecular complexity index is 581. The fourth-order valence-corrected chi connectivity index (χ4v) is 4.30. The first-order valence-electron chi connectivity index (χ1n) is 6.75. The van der Waals surface area contributed by atoms with E-state index in [1.54, 1.807) is 17.0 Å². The lowest BCUT2D eigenvalue weighted by Gasteiger charge is -2.27. The lowest BCUT2D eigenvalue weighted by atomic mass is 10.1. The maximum absolute atomic E-state index is 12.3. The van der Waals surface area contributed by atoms with Crippen LogP contribution >= 0.6 is 0 Å². The average Bonchev–Trinajstić information content (AvgIpc) is 2.73. The zero-order valence-corrected chi connectivity index (χ0v) is 12.4. The molecule has 1 unspecified atom stereocenters. The Kier molecular flexibility index (Phi) is 4.32. The van der Waals surface area contributed by atoms with Crippen LogP contribution in [0.3, 0.4) is 0 Å². The third kappa shape index (κ3) is 3.50. The molecule has 0 saturated carbocycles. The van der Waals surface area contributed by atoms with E-state index in [-0.39, 0.29) is 29.9 Å². The minimum Gasteiger partial charge on any atom is -0.399 e. The van der Waals surface area contributed by atoms with Crippen LogP contribution in [-0.2, 0) is 21.1 Å². The van der Waals surface area contributed by atoms with Crippen molar-refractivity contribution in [2.75, 3.05) is 23.8 Å². The number of hydrogen-bond acceptors (Lipinski definition) is 4. The number of rotatable bonds is 4. The molecule has 0 aromatic heterocycles. The second-order valence-corrected chi connectivity index (χ2v) is 7.38. The van der Waals surface area contributed by atoms with Crippen LogP contribution in [0.5, 0.6) is 0 Å². The minimum absolute atomic E-state index is 0.0284. The highest BCUT2D eigenvalue weighted by atomic mass is 32.2. The Hall–Kier alpha value is -1.56. The van der Waals surface area contributed by atoms with Gasteiger partial charge in [0, 0.05) is 18.3 Å². The third-order valence-electron chi connectivity index (χ3n) is 3.65. The standard InChI is InChI=1S/C14H20N2O3S/c1-2-16(13-7-8-20(18,19)10-13)14(17)9-11-3-5-12(15)6-4-11/h3-6,13H,2,7-10,15H2,1H3. The molecule has 1 amide bonds. The summed E-state index contributed by atoms with van der Waals surface area (Å²) in [7, 11) is -2.97. The lowest BCUT2D eigenvalue weighted by Crippen LogP contribution is -2.41. The number of carbonyl (C=O) groups is 1. The number of sulfone groups is 1. The topological polar surface area (TPSA) is 80.5 Å². The molecule has 1 aromatic carbocycles. The van der Waals surface area contributed by atoms with Gasteiger partial charge in [-0.2, -0.15) is 0 Å². The Morgan fingerprint density at radius 3 is 2.50 bits per heavy atom. The van der Waals surface area contributed by atoms with Gasteiger partial charge in [-0.05, 0) is 31.0 Å². The summed E-state index contributed by atoms with van der Waals surface area (Å²) in [6.45, 7) is 2.42. The molecule has 1 aliphatic heterocycles. The number of nitrogens with zero attached hydrogens (tertiary/aromatic N) is 1. The van der Waals surface area contributed by atoms with Crippen molar-refractivity contribution in [1.82, 2.24) is 4.90 Å². The van der Waals surface area contributed by atoms with Gasteiger partial charge in [0.1, 0.15) is 0 Å². The van der Waals surface area contributed by atoms with Crippen LogP contribution in [0.1, 0.15) is 18.9 Å². The summed E-state index contributed by atoms with van der Waals surface area (Å²) < 4.78 is 23.1. The van der Waals surface area contributed by atoms with Gasteiger partial charge >= 0.3 is 0 Å². The van der Waals surface area contributed by atoms with Crippen LogP contribution < -0.4 is 5.73 Å². The van der Waals surface area contributed by atoms with Crippen molar-refractivity contribution >= 4 is 21.4 Å². The molecule has 0 bridgehead atoms. The van der Waals surface area contributed by atoms with Crippen LogP contribution in [0, 0.1) is 0 Å². The van der Waals surface area contributed by atoms with Crippen LogP contribution in [0.4, 0.5) is 5.69 Å². The van der Waals surface area contributed by atoms with Gasteiger partial charge in [0.2, 0.25) is 5.91 Å². The monoisotopic (exact) mass is 296 g/mol. The van der Waals surface area contributed by atoms with E-state index in [0.717, 1.165) is 5.56 Å². The zero-order chi connectivity index (χ0) is 14.8. The molecule has 20 heavy (non-hydrogen) atoms. The zero-order valence-electron chi connectivity index (χ0n) is 11.6. The molecule has 0 radical (unpaired) electrons. The Morgan fingerprint density at radius 1 is 1.35 bits per heavy atom. The van der Waals surface area contributed by atoms with E-state index >= 15 is 0 Å². The maximum Gasteiger partial charge on any atom is 0.227 e. The summed E-state index contributed by atoms with van der Waals surface area (Å²) >= 11 is 0. The average molecular weight is 296 g/mol. The molecule has 2 N–H and O–H groups in total. The number of hydrogen-bond donors (Lipinski definition) is 1. The van der Waals surface area contributed by atoms with Gasteiger partial charge in [-0.25, -0.2) is 8.42 Å². The summed E-state index contributed by atoms with van der Waals surface area (Å²) in [5, 5.41) is 0. The second kappa shape index (κ2) is 5.83. The Labute approximate surface area is 119 Å². The van der Waals surface area contributed by atoms with Gasteiger partial charge in [-0.15, -0.1) is 0 Å². The van der Waals surface area contributed by atoms with Crippen molar-refractivity contribution in [2.45, 2.75) is 25.8 Å². The molecule has 1 saturated heterocycles. The first kappa shape index (κ1) is 14.8. The fourth-order valence-electron chi connectivity index (χ4n) is 2.57. The van der Waals surface area contributed by atoms with Crippen molar-refractivity contribution in [2.24, 2.45) is 0 Å². The van der Waals surface area contributed by atoms with Crippen molar-refractivity contribution < 1.29 is 13.2 Å². The number of carbonyl (C=O) groups excluding carboxylic acids is 1. The van der Waals surface area contributed by atoms with E-state index in [4.69, 9.17) is 5.73 Å². The van der Waals surface area contributed by atoms with E-state index < -0.39 is 9.84 Å². The van der Waals surface area contributed by atoms with Gasteiger partial charge in [-0.3, -0.25) is 4.79 Å². The summed E-state index contributed by atoms with van der Waals surface area (Å²) in [5.74, 6) is 0.247. The minimum atomic E-state index is -2.97. The normalized spacial score (nSPS) is 20.8. The van der Waals surface area contributed by atoms with Gasteiger partial charge in [0.15, 0.2) is 9.84 Å². The number of amides is 1. The fraction of sp³-hybridized carbons (Fsp3) is 0.500. The first-order chi connectivity index (χ1) is 9.41. The van der Waals surface area contributed by atoms with E-state index in [2.05, 4.69) is 0 Å². The molecular weight excluding hydrogens is 276 g/mol. The Balaban J connectivity index is 2.04. The summed E-state index contributed by atoms with van der Waals surface area (Å²) in [6.07, 6.45) is 0.828. The lowest BCUT2D eigenvalue weighted by molar-refractivity contribution is -0.132. The molecular formula is C14H20N2O3S. The van der Waals surface area contributed by atoms with Crippen LogP contribution in [0.15, 0.2) is 24.3 Å². The molecule has 1 fully saturated rings. The van der Waals surface area contributed by atoms with Gasteiger partial charge in [-0.1, -0.05) is 12.1 Å². The van der Waals surface area contributed by atoms with Crippen LogP contribution in [0.2, 0.25) is 0 Å². The number of benzene rings is 1. The van der Waals surface area contributed by atoms with E-state index in [9.17, 15) is 13.2 Å². The summed E-state index contributed by atoms with van der Waals surface area (Å²) in [6, 6.07) is 7.00.